The molecule has 1 aromatic rings. The fourth-order valence-corrected chi connectivity index (χ4v) is 1.50. The molecule has 1 amide bonds. The zero-order valence-corrected chi connectivity index (χ0v) is 10.2. The van der Waals surface area contributed by atoms with E-state index in [2.05, 4.69) is 0 Å². The van der Waals surface area contributed by atoms with Crippen molar-refractivity contribution in [2.75, 3.05) is 0 Å². The normalized spacial score (nSPS) is 13.5. The van der Waals surface area contributed by atoms with Gasteiger partial charge in [0.25, 0.3) is 5.91 Å². The molecule has 3 N–H and O–H groups in total. The quantitative estimate of drug-likeness (QED) is 0.381. The van der Waals surface area contributed by atoms with E-state index in [9.17, 15) is 9.18 Å². The van der Waals surface area contributed by atoms with E-state index in [0.717, 1.165) is 0 Å². The van der Waals surface area contributed by atoms with E-state index in [-0.39, 0.29) is 18.2 Å². The van der Waals surface area contributed by atoms with Crippen LogP contribution in [-0.2, 0) is 9.67 Å². The average Bonchev–Trinajstić information content (AvgIpc) is 2.27. The Hall–Kier alpha value is -0.840. The highest BCUT2D eigenvalue weighted by Gasteiger charge is 2.35. The smallest absolute Gasteiger partial charge is 0.259 e. The molecule has 0 radical (unpaired) electrons. The highest BCUT2D eigenvalue weighted by Crippen LogP contribution is 2.32. The van der Waals surface area contributed by atoms with Gasteiger partial charge in [-0.1, -0.05) is 19.1 Å². The predicted molar refractivity (Wildman–Crippen MR) is 63.8 cm³/mol. The second-order valence-corrected chi connectivity index (χ2v) is 3.78. The van der Waals surface area contributed by atoms with Crippen molar-refractivity contribution in [2.24, 2.45) is 5.84 Å². The average molecular weight is 267 g/mol. The van der Waals surface area contributed by atoms with Crippen LogP contribution in [0, 0.1) is 5.82 Å². The lowest BCUT2D eigenvalue weighted by atomic mass is 9.95. The molecule has 6 heteroatoms. The third-order valence-electron chi connectivity index (χ3n) is 2.28. The fraction of sp³-hybridized carbons (Fsp3) is 0.300. The Bertz CT molecular complexity index is 358. The summed E-state index contributed by atoms with van der Waals surface area (Å²) in [7, 11) is 0. The van der Waals surface area contributed by atoms with Crippen molar-refractivity contribution in [2.45, 2.75) is 18.2 Å². The number of carbonyl (C=O) groups is 1. The lowest BCUT2D eigenvalue weighted by molar-refractivity contribution is -0.124. The summed E-state index contributed by atoms with van der Waals surface area (Å²) in [6.07, 6.45) is 0.364. The molecule has 0 bridgehead atoms. The maximum Gasteiger partial charge on any atom is 0.259 e. The topological polar surface area (TPSA) is 55.1 Å². The van der Waals surface area contributed by atoms with Crippen molar-refractivity contribution >= 4 is 29.9 Å². The van der Waals surface area contributed by atoms with Crippen molar-refractivity contribution in [3.05, 3.63) is 35.6 Å². The molecule has 0 saturated carbocycles. The van der Waals surface area contributed by atoms with E-state index in [1.165, 1.54) is 24.3 Å². The lowest BCUT2D eigenvalue weighted by Gasteiger charge is -2.23. The highest BCUT2D eigenvalue weighted by molar-refractivity contribution is 6.34. The molecule has 0 fully saturated rings. The van der Waals surface area contributed by atoms with Gasteiger partial charge in [-0.05, 0) is 24.1 Å². The number of alkyl halides is 1. The van der Waals surface area contributed by atoms with E-state index in [1.54, 1.807) is 6.92 Å². The van der Waals surface area contributed by atoms with Gasteiger partial charge in [0.1, 0.15) is 10.7 Å². The molecule has 1 rings (SSSR count). The Morgan fingerprint density at radius 3 is 2.38 bits per heavy atom. The second-order valence-electron chi connectivity index (χ2n) is 3.14. The number of nitrogens with two attached hydrogens (primary N) is 1. The maximum atomic E-state index is 12.7. The van der Waals surface area contributed by atoms with E-state index >= 15 is 0 Å². The van der Waals surface area contributed by atoms with Crippen molar-refractivity contribution in [1.82, 2.24) is 5.43 Å². The van der Waals surface area contributed by atoms with Crippen LogP contribution < -0.4 is 11.3 Å². The Balaban J connectivity index is 0.00000225. The largest absolute Gasteiger partial charge is 0.292 e. The van der Waals surface area contributed by atoms with E-state index in [4.69, 9.17) is 17.4 Å². The van der Waals surface area contributed by atoms with Crippen LogP contribution in [0.1, 0.15) is 18.9 Å². The number of hydrogen-bond acceptors (Lipinski definition) is 2. The molecule has 0 spiro atoms. The van der Waals surface area contributed by atoms with Crippen LogP contribution in [-0.4, -0.2) is 5.91 Å². The summed E-state index contributed by atoms with van der Waals surface area (Å²) < 4.78 is 12.7. The monoisotopic (exact) mass is 266 g/mol. The van der Waals surface area contributed by atoms with Gasteiger partial charge in [0, 0.05) is 0 Å². The first kappa shape index (κ1) is 15.2. The van der Waals surface area contributed by atoms with Crippen molar-refractivity contribution in [3.63, 3.8) is 0 Å². The molecule has 1 aromatic carbocycles. The molecule has 1 atom stereocenters. The molecular formula is C10H13Cl2FN2O. The highest BCUT2D eigenvalue weighted by atomic mass is 35.5. The maximum absolute atomic E-state index is 12.7. The van der Waals surface area contributed by atoms with Gasteiger partial charge < -0.3 is 0 Å². The van der Waals surface area contributed by atoms with Crippen LogP contribution in [0.5, 0.6) is 0 Å². The van der Waals surface area contributed by atoms with Crippen LogP contribution in [0.3, 0.4) is 0 Å². The standard InChI is InChI=1S/C10H12ClFN2O.ClH/c1-2-10(11,9(15)14-13)7-3-5-8(12)6-4-7;/h3-6H,2,13H2,1H3,(H,14,15);1H. The van der Waals surface area contributed by atoms with Gasteiger partial charge in [0.2, 0.25) is 0 Å². The first-order valence-corrected chi connectivity index (χ1v) is 4.88. The molecule has 1 unspecified atom stereocenters. The third-order valence-corrected chi connectivity index (χ3v) is 2.94. The third kappa shape index (κ3) is 2.84. The minimum absolute atomic E-state index is 0. The molecule has 0 aromatic heterocycles. The summed E-state index contributed by atoms with van der Waals surface area (Å²) in [5, 5.41) is 0. The molecule has 0 saturated heterocycles. The molecular weight excluding hydrogens is 254 g/mol. The number of benzene rings is 1. The summed E-state index contributed by atoms with van der Waals surface area (Å²) in [6.45, 7) is 1.76. The summed E-state index contributed by atoms with van der Waals surface area (Å²) in [4.78, 5) is 10.3. The number of hydrazine groups is 1. The SMILES string of the molecule is CCC(Cl)(C(=O)NN)c1ccc(F)cc1.Cl. The van der Waals surface area contributed by atoms with Crippen LogP contribution in [0.25, 0.3) is 0 Å². The van der Waals surface area contributed by atoms with E-state index in [1.807, 2.05) is 5.43 Å². The molecule has 3 nitrogen and oxygen atoms in total. The molecule has 0 aliphatic carbocycles. The van der Waals surface area contributed by atoms with Crippen LogP contribution in [0.4, 0.5) is 4.39 Å². The number of nitrogens with one attached hydrogen (secondary N) is 1. The Morgan fingerprint density at radius 1 is 1.50 bits per heavy atom. The number of rotatable bonds is 3. The molecule has 0 aliphatic heterocycles. The Kier molecular flexibility index (Phi) is 5.72. The second kappa shape index (κ2) is 6.03. The van der Waals surface area contributed by atoms with Gasteiger partial charge in [-0.2, -0.15) is 0 Å². The van der Waals surface area contributed by atoms with Gasteiger partial charge in [-0.15, -0.1) is 24.0 Å². The molecule has 0 heterocycles. The van der Waals surface area contributed by atoms with Gasteiger partial charge in [0.05, 0.1) is 0 Å². The fourth-order valence-electron chi connectivity index (χ4n) is 1.32. The summed E-state index contributed by atoms with van der Waals surface area (Å²) in [6, 6.07) is 5.46. The van der Waals surface area contributed by atoms with E-state index < -0.39 is 10.8 Å². The van der Waals surface area contributed by atoms with Gasteiger partial charge in [-0.3, -0.25) is 10.2 Å². The number of carbonyl (C=O) groups excluding carboxylic acids is 1. The number of hydrogen-bond donors (Lipinski definition) is 2. The molecule has 0 aliphatic rings. The summed E-state index contributed by atoms with van der Waals surface area (Å²) in [5.74, 6) is 4.17. The minimum atomic E-state index is -1.23. The van der Waals surface area contributed by atoms with Crippen LogP contribution in [0.15, 0.2) is 24.3 Å². The lowest BCUT2D eigenvalue weighted by Crippen LogP contribution is -2.43. The van der Waals surface area contributed by atoms with Crippen LogP contribution in [0.2, 0.25) is 0 Å². The Labute approximate surface area is 105 Å². The molecule has 90 valence electrons. The van der Waals surface area contributed by atoms with Crippen LogP contribution >= 0.6 is 24.0 Å². The molecule has 16 heavy (non-hydrogen) atoms. The first-order valence-electron chi connectivity index (χ1n) is 4.50. The summed E-state index contributed by atoms with van der Waals surface area (Å²) in [5.41, 5.74) is 2.53. The zero-order chi connectivity index (χ0) is 11.5. The first-order chi connectivity index (χ1) is 7.04. The van der Waals surface area contributed by atoms with Gasteiger partial charge in [0.15, 0.2) is 0 Å². The number of amides is 1. The number of halogens is 3. The minimum Gasteiger partial charge on any atom is -0.292 e. The van der Waals surface area contributed by atoms with Gasteiger partial charge >= 0.3 is 0 Å². The van der Waals surface area contributed by atoms with E-state index in [0.29, 0.717) is 12.0 Å². The van der Waals surface area contributed by atoms with Crippen molar-refractivity contribution in [1.29, 1.82) is 0 Å². The van der Waals surface area contributed by atoms with Crippen molar-refractivity contribution in [3.8, 4) is 0 Å². The van der Waals surface area contributed by atoms with Crippen molar-refractivity contribution < 1.29 is 9.18 Å². The predicted octanol–water partition coefficient (Wildman–Crippen LogP) is 2.08. The zero-order valence-electron chi connectivity index (χ0n) is 8.67. The Morgan fingerprint density at radius 2 is 2.00 bits per heavy atom. The summed E-state index contributed by atoms with van der Waals surface area (Å²) >= 11 is 6.14. The van der Waals surface area contributed by atoms with Gasteiger partial charge in [-0.25, -0.2) is 10.2 Å².